The molecule has 0 saturated carbocycles. The number of hydrogen-bond acceptors (Lipinski definition) is 4. The summed E-state index contributed by atoms with van der Waals surface area (Å²) in [5.74, 6) is 0. The molecular formula is C7H12N4. The third kappa shape index (κ3) is 5.35. The lowest BCUT2D eigenvalue weighted by Crippen LogP contribution is -2.31. The summed E-state index contributed by atoms with van der Waals surface area (Å²) in [5.41, 5.74) is 0. The summed E-state index contributed by atoms with van der Waals surface area (Å²) in [6, 6.07) is 4.02. The molecule has 4 nitrogen and oxygen atoms in total. The van der Waals surface area contributed by atoms with Crippen molar-refractivity contribution in [3.63, 3.8) is 0 Å². The van der Waals surface area contributed by atoms with E-state index in [2.05, 4.69) is 5.32 Å². The van der Waals surface area contributed by atoms with Gasteiger partial charge >= 0.3 is 0 Å². The molecule has 0 amide bonds. The highest BCUT2D eigenvalue weighted by Gasteiger charge is 2.00. The number of rotatable bonds is 5. The topological polar surface area (TPSA) is 62.9 Å². The largest absolute Gasteiger partial charge is 0.318 e. The monoisotopic (exact) mass is 152 g/mol. The van der Waals surface area contributed by atoms with E-state index in [1.165, 1.54) is 0 Å². The van der Waals surface area contributed by atoms with Crippen molar-refractivity contribution in [2.24, 2.45) is 0 Å². The van der Waals surface area contributed by atoms with Crippen LogP contribution in [0.25, 0.3) is 0 Å². The first kappa shape index (κ1) is 9.90. The van der Waals surface area contributed by atoms with Crippen LogP contribution in [0.4, 0.5) is 0 Å². The van der Waals surface area contributed by atoms with E-state index in [-0.39, 0.29) is 0 Å². The van der Waals surface area contributed by atoms with Gasteiger partial charge < -0.3 is 5.32 Å². The van der Waals surface area contributed by atoms with Gasteiger partial charge in [0.05, 0.1) is 25.2 Å². The van der Waals surface area contributed by atoms with E-state index in [1.807, 2.05) is 19.2 Å². The lowest BCUT2D eigenvalue weighted by atomic mass is 10.4. The quantitative estimate of drug-likeness (QED) is 0.542. The average Bonchev–Trinajstić information content (AvgIpc) is 2.01. The van der Waals surface area contributed by atoms with Gasteiger partial charge in [-0.15, -0.1) is 0 Å². The molecule has 0 aromatic carbocycles. The molecule has 0 bridgehead atoms. The second-order valence-corrected chi connectivity index (χ2v) is 2.13. The molecule has 0 aromatic heterocycles. The van der Waals surface area contributed by atoms with E-state index in [0.717, 1.165) is 13.1 Å². The van der Waals surface area contributed by atoms with Crippen molar-refractivity contribution < 1.29 is 0 Å². The van der Waals surface area contributed by atoms with Gasteiger partial charge in [-0.2, -0.15) is 10.5 Å². The first-order chi connectivity index (χ1) is 5.35. The summed E-state index contributed by atoms with van der Waals surface area (Å²) < 4.78 is 0. The smallest absolute Gasteiger partial charge is 0.0874 e. The van der Waals surface area contributed by atoms with Gasteiger partial charge in [0.25, 0.3) is 0 Å². The Hall–Kier alpha value is -1.10. The van der Waals surface area contributed by atoms with Crippen LogP contribution in [0, 0.1) is 22.7 Å². The fourth-order valence-corrected chi connectivity index (χ4v) is 0.684. The number of likely N-dealkylation sites (N-methyl/N-ethyl adjacent to an activating group) is 1. The Morgan fingerprint density at radius 2 is 1.82 bits per heavy atom. The Morgan fingerprint density at radius 1 is 1.27 bits per heavy atom. The molecule has 0 aliphatic heterocycles. The predicted octanol–water partition coefficient (Wildman–Crippen LogP) is -0.445. The second kappa shape index (κ2) is 7.01. The molecule has 0 aromatic rings. The van der Waals surface area contributed by atoms with E-state index in [1.54, 1.807) is 4.90 Å². The van der Waals surface area contributed by atoms with Gasteiger partial charge in [0, 0.05) is 13.1 Å². The number of nitrogens with zero attached hydrogens (tertiary/aromatic N) is 3. The molecule has 0 rings (SSSR count). The maximum Gasteiger partial charge on any atom is 0.0874 e. The Balaban J connectivity index is 3.54. The minimum Gasteiger partial charge on any atom is -0.318 e. The molecule has 4 heteroatoms. The van der Waals surface area contributed by atoms with Crippen LogP contribution in [0.2, 0.25) is 0 Å². The molecule has 0 spiro atoms. The van der Waals surface area contributed by atoms with Crippen LogP contribution in [0.5, 0.6) is 0 Å². The SMILES string of the molecule is CNCCN(CC#N)CC#N. The summed E-state index contributed by atoms with van der Waals surface area (Å²) >= 11 is 0. The van der Waals surface area contributed by atoms with Gasteiger partial charge in [-0.25, -0.2) is 0 Å². The van der Waals surface area contributed by atoms with Crippen molar-refractivity contribution in [2.75, 3.05) is 33.2 Å². The standard InChI is InChI=1S/C7H12N4/c1-10-4-7-11(5-2-8)6-3-9/h10H,4-7H2,1H3. The Morgan fingerprint density at radius 3 is 2.18 bits per heavy atom. The zero-order chi connectivity index (χ0) is 8.53. The second-order valence-electron chi connectivity index (χ2n) is 2.13. The number of nitriles is 2. The van der Waals surface area contributed by atoms with Gasteiger partial charge in [0.1, 0.15) is 0 Å². The van der Waals surface area contributed by atoms with Crippen LogP contribution >= 0.6 is 0 Å². The van der Waals surface area contributed by atoms with Crippen molar-refractivity contribution in [3.05, 3.63) is 0 Å². The highest BCUT2D eigenvalue weighted by Crippen LogP contribution is 1.83. The van der Waals surface area contributed by atoms with E-state index in [4.69, 9.17) is 10.5 Å². The first-order valence-electron chi connectivity index (χ1n) is 3.46. The molecule has 0 heterocycles. The van der Waals surface area contributed by atoms with Crippen LogP contribution in [-0.4, -0.2) is 38.1 Å². The Bertz CT molecular complexity index is 148. The average molecular weight is 152 g/mol. The van der Waals surface area contributed by atoms with Crippen LogP contribution in [-0.2, 0) is 0 Å². The molecule has 0 fully saturated rings. The van der Waals surface area contributed by atoms with Crippen LogP contribution in [0.15, 0.2) is 0 Å². The minimum absolute atomic E-state index is 0.329. The maximum atomic E-state index is 8.34. The first-order valence-corrected chi connectivity index (χ1v) is 3.46. The third-order valence-electron chi connectivity index (χ3n) is 1.27. The van der Waals surface area contributed by atoms with Gasteiger partial charge in [0.2, 0.25) is 0 Å². The number of hydrogen-bond donors (Lipinski definition) is 1. The van der Waals surface area contributed by atoms with Crippen molar-refractivity contribution in [1.29, 1.82) is 10.5 Å². The van der Waals surface area contributed by atoms with E-state index >= 15 is 0 Å². The highest BCUT2D eigenvalue weighted by molar-refractivity contribution is 4.83. The van der Waals surface area contributed by atoms with Gasteiger partial charge in [-0.05, 0) is 7.05 Å². The predicted molar refractivity (Wildman–Crippen MR) is 41.6 cm³/mol. The molecule has 1 N–H and O–H groups in total. The molecular weight excluding hydrogens is 140 g/mol. The minimum atomic E-state index is 0.329. The summed E-state index contributed by atoms with van der Waals surface area (Å²) in [7, 11) is 1.84. The van der Waals surface area contributed by atoms with Crippen LogP contribution in [0.3, 0.4) is 0 Å². The number of nitrogens with one attached hydrogen (secondary N) is 1. The lowest BCUT2D eigenvalue weighted by Gasteiger charge is -2.13. The van der Waals surface area contributed by atoms with Crippen LogP contribution < -0.4 is 5.32 Å². The molecule has 0 atom stereocenters. The van der Waals surface area contributed by atoms with E-state index in [0.29, 0.717) is 13.1 Å². The summed E-state index contributed by atoms with van der Waals surface area (Å²) in [6.45, 7) is 2.21. The van der Waals surface area contributed by atoms with Crippen molar-refractivity contribution in [2.45, 2.75) is 0 Å². The maximum absolute atomic E-state index is 8.34. The molecule has 60 valence electrons. The van der Waals surface area contributed by atoms with Gasteiger partial charge in [-0.1, -0.05) is 0 Å². The van der Waals surface area contributed by atoms with Crippen molar-refractivity contribution in [3.8, 4) is 12.1 Å². The fourth-order valence-electron chi connectivity index (χ4n) is 0.684. The van der Waals surface area contributed by atoms with Gasteiger partial charge in [-0.3, -0.25) is 4.90 Å². The lowest BCUT2D eigenvalue weighted by molar-refractivity contribution is 0.343. The van der Waals surface area contributed by atoms with E-state index in [9.17, 15) is 0 Å². The molecule has 0 aliphatic rings. The third-order valence-corrected chi connectivity index (χ3v) is 1.27. The van der Waals surface area contributed by atoms with Crippen molar-refractivity contribution in [1.82, 2.24) is 10.2 Å². The normalized spacial score (nSPS) is 9.09. The van der Waals surface area contributed by atoms with Crippen molar-refractivity contribution >= 4 is 0 Å². The molecule has 0 radical (unpaired) electrons. The zero-order valence-electron chi connectivity index (χ0n) is 6.67. The summed E-state index contributed by atoms with van der Waals surface area (Å²) in [4.78, 5) is 1.79. The molecule has 0 unspecified atom stereocenters. The molecule has 0 saturated heterocycles. The fraction of sp³-hybridized carbons (Fsp3) is 0.714. The summed E-state index contributed by atoms with van der Waals surface area (Å²) in [6.07, 6.45) is 0. The van der Waals surface area contributed by atoms with E-state index < -0.39 is 0 Å². The van der Waals surface area contributed by atoms with Crippen LogP contribution in [0.1, 0.15) is 0 Å². The highest BCUT2D eigenvalue weighted by atomic mass is 15.1. The molecule has 11 heavy (non-hydrogen) atoms. The Kier molecular flexibility index (Phi) is 6.31. The zero-order valence-corrected chi connectivity index (χ0v) is 6.67. The molecule has 0 aliphatic carbocycles. The van der Waals surface area contributed by atoms with Gasteiger partial charge in [0.15, 0.2) is 0 Å². The Labute approximate surface area is 67.0 Å². The summed E-state index contributed by atoms with van der Waals surface area (Å²) in [5, 5.41) is 19.6.